The number of nitrogens with zero attached hydrogens (tertiary/aromatic N) is 2. The summed E-state index contributed by atoms with van der Waals surface area (Å²) in [4.78, 5) is 20.7. The lowest BCUT2D eigenvalue weighted by atomic mass is 10.0. The fourth-order valence-electron chi connectivity index (χ4n) is 3.26. The molecule has 0 saturated heterocycles. The lowest BCUT2D eigenvalue weighted by Gasteiger charge is -2.16. The Hall–Kier alpha value is -2.43. The molecule has 5 nitrogen and oxygen atoms in total. The van der Waals surface area contributed by atoms with Crippen molar-refractivity contribution in [2.24, 2.45) is 0 Å². The highest BCUT2D eigenvalue weighted by molar-refractivity contribution is 5.85. The average molecular weight is 413 g/mol. The van der Waals surface area contributed by atoms with E-state index in [9.17, 15) is 4.79 Å². The van der Waals surface area contributed by atoms with E-state index in [4.69, 9.17) is 9.47 Å². The molecule has 1 aromatic heterocycles. The summed E-state index contributed by atoms with van der Waals surface area (Å²) < 4.78 is 11.3. The molecule has 0 spiro atoms. The van der Waals surface area contributed by atoms with Crippen molar-refractivity contribution in [1.29, 1.82) is 0 Å². The molecule has 0 aliphatic heterocycles. The zero-order valence-corrected chi connectivity index (χ0v) is 18.7. The van der Waals surface area contributed by atoms with Crippen molar-refractivity contribution in [3.05, 3.63) is 53.6 Å². The highest BCUT2D eigenvalue weighted by Gasteiger charge is 2.18. The largest absolute Gasteiger partial charge is 0.490 e. The fourth-order valence-corrected chi connectivity index (χ4v) is 3.26. The van der Waals surface area contributed by atoms with Gasteiger partial charge in [-0.3, -0.25) is 0 Å². The number of hydrogen-bond donors (Lipinski definition) is 0. The van der Waals surface area contributed by atoms with Gasteiger partial charge in [-0.15, -0.1) is 0 Å². The lowest BCUT2D eigenvalue weighted by Crippen LogP contribution is -2.14. The monoisotopic (exact) mass is 412 g/mol. The number of esters is 1. The molecule has 0 bridgehead atoms. The number of benzene rings is 1. The van der Waals surface area contributed by atoms with Crippen LogP contribution in [-0.4, -0.2) is 22.5 Å². The van der Waals surface area contributed by atoms with Gasteiger partial charge in [0.15, 0.2) is 5.75 Å². The van der Waals surface area contributed by atoms with Crippen LogP contribution in [0.5, 0.6) is 5.75 Å². The maximum Gasteiger partial charge on any atom is 0.376 e. The van der Waals surface area contributed by atoms with E-state index in [1.54, 1.807) is 0 Å². The van der Waals surface area contributed by atoms with Crippen LogP contribution in [0.15, 0.2) is 36.7 Å². The molecule has 2 aromatic rings. The second-order valence-corrected chi connectivity index (χ2v) is 7.65. The highest BCUT2D eigenvalue weighted by atomic mass is 16.5. The number of ether oxygens (including phenoxy) is 2. The molecule has 0 amide bonds. The Kier molecular flexibility index (Phi) is 10.9. The van der Waals surface area contributed by atoms with E-state index < -0.39 is 5.97 Å². The SMILES string of the molecule is CCCCCCc1ccc(C(CC)OC(=O)c2ncc(OCCCCC)cn2)cc1. The second-order valence-electron chi connectivity index (χ2n) is 7.65. The Bertz CT molecular complexity index is 729. The second kappa shape index (κ2) is 13.7. The Balaban J connectivity index is 1.87. The van der Waals surface area contributed by atoms with Crippen LogP contribution in [-0.2, 0) is 11.2 Å². The fraction of sp³-hybridized carbons (Fsp3) is 0.560. The molecular formula is C25H36N2O3. The highest BCUT2D eigenvalue weighted by Crippen LogP contribution is 2.23. The van der Waals surface area contributed by atoms with Gasteiger partial charge in [-0.1, -0.05) is 77.1 Å². The molecule has 0 aliphatic carbocycles. The minimum absolute atomic E-state index is 0.0573. The van der Waals surface area contributed by atoms with E-state index in [-0.39, 0.29) is 11.9 Å². The van der Waals surface area contributed by atoms with E-state index in [1.807, 2.05) is 6.92 Å². The summed E-state index contributed by atoms with van der Waals surface area (Å²) >= 11 is 0. The van der Waals surface area contributed by atoms with Crippen molar-refractivity contribution in [2.75, 3.05) is 6.61 Å². The first-order chi connectivity index (χ1) is 14.7. The molecule has 5 heteroatoms. The van der Waals surface area contributed by atoms with Gasteiger partial charge in [-0.05, 0) is 36.8 Å². The van der Waals surface area contributed by atoms with E-state index in [0.29, 0.717) is 18.8 Å². The first kappa shape index (κ1) is 23.8. The minimum Gasteiger partial charge on any atom is -0.490 e. The van der Waals surface area contributed by atoms with Gasteiger partial charge < -0.3 is 9.47 Å². The summed E-state index contributed by atoms with van der Waals surface area (Å²) in [5.41, 5.74) is 2.33. The van der Waals surface area contributed by atoms with Crippen LogP contribution < -0.4 is 4.74 Å². The molecule has 0 saturated carbocycles. The molecule has 0 N–H and O–H groups in total. The lowest BCUT2D eigenvalue weighted by molar-refractivity contribution is 0.0273. The molecule has 0 radical (unpaired) electrons. The maximum atomic E-state index is 12.5. The van der Waals surface area contributed by atoms with Crippen molar-refractivity contribution in [3.8, 4) is 5.75 Å². The first-order valence-electron chi connectivity index (χ1n) is 11.4. The maximum absolute atomic E-state index is 12.5. The third kappa shape index (κ3) is 8.13. The molecule has 1 heterocycles. The molecule has 2 rings (SSSR count). The quantitative estimate of drug-likeness (QED) is 0.263. The normalized spacial score (nSPS) is 11.8. The van der Waals surface area contributed by atoms with Crippen LogP contribution in [0.25, 0.3) is 0 Å². The summed E-state index contributed by atoms with van der Waals surface area (Å²) in [5, 5.41) is 0. The summed E-state index contributed by atoms with van der Waals surface area (Å²) in [7, 11) is 0. The van der Waals surface area contributed by atoms with Crippen LogP contribution in [0.1, 0.15) is 100.0 Å². The van der Waals surface area contributed by atoms with Crippen LogP contribution in [0, 0.1) is 0 Å². The standard InChI is InChI=1S/C25H36N2O3/c1-4-7-9-10-12-20-13-15-21(16-14-20)23(6-3)30-25(28)24-26-18-22(19-27-24)29-17-11-8-5-2/h13-16,18-19,23H,4-12,17H2,1-3H3. The Morgan fingerprint density at radius 3 is 2.20 bits per heavy atom. The number of aryl methyl sites for hydroxylation is 1. The van der Waals surface area contributed by atoms with E-state index >= 15 is 0 Å². The molecular weight excluding hydrogens is 376 g/mol. The summed E-state index contributed by atoms with van der Waals surface area (Å²) in [5.74, 6) is 0.120. The van der Waals surface area contributed by atoms with Gasteiger partial charge in [0.1, 0.15) is 6.10 Å². The number of carbonyl (C=O) groups excluding carboxylic acids is 1. The molecule has 1 atom stereocenters. The number of unbranched alkanes of at least 4 members (excludes halogenated alkanes) is 5. The van der Waals surface area contributed by atoms with Crippen LogP contribution in [0.4, 0.5) is 0 Å². The number of rotatable bonds is 14. The minimum atomic E-state index is -0.511. The van der Waals surface area contributed by atoms with Gasteiger partial charge in [0, 0.05) is 0 Å². The molecule has 164 valence electrons. The molecule has 0 fully saturated rings. The van der Waals surface area contributed by atoms with Crippen molar-refractivity contribution >= 4 is 5.97 Å². The van der Waals surface area contributed by atoms with E-state index in [1.165, 1.54) is 43.6 Å². The van der Waals surface area contributed by atoms with Crippen molar-refractivity contribution in [2.45, 2.75) is 84.7 Å². The molecule has 1 unspecified atom stereocenters. The Labute approximate surface area is 181 Å². The summed E-state index contributed by atoms with van der Waals surface area (Å²) in [6, 6.07) is 8.40. The molecule has 1 aromatic carbocycles. The predicted molar refractivity (Wildman–Crippen MR) is 120 cm³/mol. The average Bonchev–Trinajstić information content (AvgIpc) is 2.79. The topological polar surface area (TPSA) is 61.3 Å². The van der Waals surface area contributed by atoms with Crippen LogP contribution in [0.2, 0.25) is 0 Å². The van der Waals surface area contributed by atoms with Crippen LogP contribution >= 0.6 is 0 Å². The van der Waals surface area contributed by atoms with Gasteiger partial charge in [0.2, 0.25) is 5.82 Å². The van der Waals surface area contributed by atoms with Gasteiger partial charge in [-0.25, -0.2) is 14.8 Å². The third-order valence-electron chi connectivity index (χ3n) is 5.12. The van der Waals surface area contributed by atoms with Gasteiger partial charge in [0.05, 0.1) is 19.0 Å². The number of hydrogen-bond acceptors (Lipinski definition) is 5. The number of aromatic nitrogens is 2. The third-order valence-corrected chi connectivity index (χ3v) is 5.12. The predicted octanol–water partition coefficient (Wildman–Crippen LogP) is 6.48. The first-order valence-corrected chi connectivity index (χ1v) is 11.4. The van der Waals surface area contributed by atoms with Crippen molar-refractivity contribution in [3.63, 3.8) is 0 Å². The Morgan fingerprint density at radius 2 is 1.57 bits per heavy atom. The molecule has 30 heavy (non-hydrogen) atoms. The van der Waals surface area contributed by atoms with Crippen molar-refractivity contribution < 1.29 is 14.3 Å². The van der Waals surface area contributed by atoms with Crippen LogP contribution in [0.3, 0.4) is 0 Å². The summed E-state index contributed by atoms with van der Waals surface area (Å²) in [6.45, 7) is 7.01. The van der Waals surface area contributed by atoms with Gasteiger partial charge in [-0.2, -0.15) is 0 Å². The Morgan fingerprint density at radius 1 is 0.900 bits per heavy atom. The van der Waals surface area contributed by atoms with Gasteiger partial charge >= 0.3 is 5.97 Å². The number of carbonyl (C=O) groups is 1. The molecule has 0 aliphatic rings. The zero-order chi connectivity index (χ0) is 21.6. The van der Waals surface area contributed by atoms with Crippen molar-refractivity contribution in [1.82, 2.24) is 9.97 Å². The summed E-state index contributed by atoms with van der Waals surface area (Å²) in [6.07, 6.45) is 12.8. The van der Waals surface area contributed by atoms with Gasteiger partial charge in [0.25, 0.3) is 0 Å². The van der Waals surface area contributed by atoms with E-state index in [0.717, 1.165) is 31.2 Å². The smallest absolute Gasteiger partial charge is 0.376 e. The zero-order valence-electron chi connectivity index (χ0n) is 18.7. The van der Waals surface area contributed by atoms with E-state index in [2.05, 4.69) is 48.1 Å².